The van der Waals surface area contributed by atoms with Crippen LogP contribution in [-0.2, 0) is 51.2 Å². The van der Waals surface area contributed by atoms with E-state index < -0.39 is 6.10 Å². The predicted molar refractivity (Wildman–Crippen MR) is 468 cm³/mol. The van der Waals surface area contributed by atoms with Gasteiger partial charge in [-0.05, 0) is 222 Å². The topological polar surface area (TPSA) is 221 Å². The zero-order chi connectivity index (χ0) is 84.8. The second-order valence-electron chi connectivity index (χ2n) is 31.4. The average Bonchev–Trinajstić information content (AvgIpc) is 1.47. The fourth-order valence-corrected chi connectivity index (χ4v) is 13.6. The third kappa shape index (κ3) is 30.8. The van der Waals surface area contributed by atoms with E-state index in [0.717, 1.165) is 177 Å². The maximum Gasteiger partial charge on any atom is 0.132 e. The van der Waals surface area contributed by atoms with Gasteiger partial charge < -0.3 is 34.7 Å². The molecule has 6 aromatic carbocycles. The van der Waals surface area contributed by atoms with E-state index >= 15 is 0 Å². The molecule has 24 heteroatoms. The molecule has 0 spiro atoms. The van der Waals surface area contributed by atoms with Crippen LogP contribution >= 0.6 is 0 Å². The van der Waals surface area contributed by atoms with E-state index in [4.69, 9.17) is 5.11 Å². The van der Waals surface area contributed by atoms with Crippen molar-refractivity contribution < 1.29 is 27.8 Å². The lowest BCUT2D eigenvalue weighted by Gasteiger charge is -2.25. The molecule has 6 aromatic heterocycles. The van der Waals surface area contributed by atoms with Gasteiger partial charge in [0.05, 0.1) is 84.4 Å². The molecule has 0 amide bonds. The molecule has 0 aliphatic carbocycles. The minimum atomic E-state index is -0.850. The highest BCUT2D eigenvalue weighted by molar-refractivity contribution is 5.67. The molecule has 117 heavy (non-hydrogen) atoms. The first kappa shape index (κ1) is 94.1. The van der Waals surface area contributed by atoms with Crippen molar-refractivity contribution in [3.05, 3.63) is 251 Å². The molecule has 12 rings (SSSR count). The molecule has 0 radical (unpaired) electrons. The molecule has 6 heterocycles. The number of H-pyrrole nitrogens is 5. The molecule has 7 N–H and O–H groups in total. The Balaban J connectivity index is 0.000000194. The maximum atomic E-state index is 13.8. The van der Waals surface area contributed by atoms with Crippen LogP contribution in [0, 0.1) is 23.3 Å². The number of aromatic nitrogens is 12. The fourth-order valence-electron chi connectivity index (χ4n) is 13.6. The van der Waals surface area contributed by atoms with Gasteiger partial charge in [0, 0.05) is 107 Å². The van der Waals surface area contributed by atoms with Crippen molar-refractivity contribution in [1.82, 2.24) is 90.2 Å². The van der Waals surface area contributed by atoms with Crippen LogP contribution in [0.5, 0.6) is 0 Å². The van der Waals surface area contributed by atoms with Crippen LogP contribution in [0.25, 0.3) is 67.5 Å². The smallest absolute Gasteiger partial charge is 0.132 e. The summed E-state index contributed by atoms with van der Waals surface area (Å²) in [5, 5.41) is 58.9. The lowest BCUT2D eigenvalue weighted by Crippen LogP contribution is -2.31. The summed E-state index contributed by atoms with van der Waals surface area (Å²) in [6.45, 7) is 35.4. The number of hydrogen-bond acceptors (Lipinski definition) is 14. The summed E-state index contributed by atoms with van der Waals surface area (Å²) >= 11 is 0. The molecule has 630 valence electrons. The summed E-state index contributed by atoms with van der Waals surface area (Å²) in [5.74, 6) is -0.950. The highest BCUT2D eigenvalue weighted by atomic mass is 19.1. The highest BCUT2D eigenvalue weighted by Gasteiger charge is 2.20. The Bertz CT molecular complexity index is 4700. The molecular weight excluding hydrogens is 1480 g/mol. The average molecular weight is 1610 g/mol. The van der Waals surface area contributed by atoms with Gasteiger partial charge in [0.1, 0.15) is 23.3 Å². The number of nitrogens with zero attached hydrogens (tertiary/aromatic N) is 13. The second-order valence-corrected chi connectivity index (χ2v) is 31.4. The molecule has 0 aliphatic rings. The first-order valence-electron chi connectivity index (χ1n) is 41.1. The first-order valence-corrected chi connectivity index (χ1v) is 41.1. The number of aliphatic hydroxyl groups excluding tert-OH is 2. The van der Waals surface area contributed by atoms with Crippen LogP contribution in [0.15, 0.2) is 189 Å². The van der Waals surface area contributed by atoms with Gasteiger partial charge in [0.2, 0.25) is 0 Å². The van der Waals surface area contributed by atoms with Gasteiger partial charge in [-0.1, -0.05) is 141 Å². The zero-order valence-corrected chi connectivity index (χ0v) is 71.9. The molecule has 0 fully saturated rings. The third-order valence-corrected chi connectivity index (χ3v) is 19.5. The number of aliphatic hydroxyl groups is 2. The van der Waals surface area contributed by atoms with E-state index in [2.05, 4.69) is 238 Å². The molecule has 0 aliphatic heterocycles. The fraction of sp³-hybridized carbons (Fsp3) is 0.419. The van der Waals surface area contributed by atoms with Crippen molar-refractivity contribution in [1.29, 1.82) is 0 Å². The Morgan fingerprint density at radius 2 is 0.752 bits per heavy atom. The van der Waals surface area contributed by atoms with Crippen LogP contribution in [0.1, 0.15) is 154 Å². The van der Waals surface area contributed by atoms with Crippen LogP contribution in [0.3, 0.4) is 0 Å². The molecule has 0 saturated carbocycles. The minimum Gasteiger partial charge on any atom is -0.394 e. The van der Waals surface area contributed by atoms with Crippen molar-refractivity contribution in [2.24, 2.45) is 0 Å². The Labute approximate surface area is 692 Å². The Hall–Kier alpha value is -10.0. The Morgan fingerprint density at radius 3 is 1.15 bits per heavy atom. The first-order chi connectivity index (χ1) is 56.3. The lowest BCUT2D eigenvalue weighted by atomic mass is 9.86. The van der Waals surface area contributed by atoms with Crippen LogP contribution in [0.2, 0.25) is 0 Å². The molecule has 12 aromatic rings. The zero-order valence-electron chi connectivity index (χ0n) is 71.9. The Kier molecular flexibility index (Phi) is 39.6. The van der Waals surface area contributed by atoms with Gasteiger partial charge in [-0.25, -0.2) is 17.6 Å². The highest BCUT2D eigenvalue weighted by Crippen LogP contribution is 2.31. The summed E-state index contributed by atoms with van der Waals surface area (Å²) in [6, 6.07) is 45.8. The second kappa shape index (κ2) is 49.3. The van der Waals surface area contributed by atoms with E-state index in [1.807, 2.05) is 56.2 Å². The number of halogens is 4. The van der Waals surface area contributed by atoms with Gasteiger partial charge in [0.25, 0.3) is 0 Å². The molecule has 0 bridgehead atoms. The molecular formula is C93H128F4N18O2. The normalized spacial score (nSPS) is 11.7. The van der Waals surface area contributed by atoms with Crippen molar-refractivity contribution in [2.75, 3.05) is 81.1 Å². The quantitative estimate of drug-likeness (QED) is 0.0187. The van der Waals surface area contributed by atoms with E-state index in [0.29, 0.717) is 11.6 Å². The van der Waals surface area contributed by atoms with Crippen LogP contribution in [0.4, 0.5) is 17.6 Å². The number of nitrogens with one attached hydrogen (secondary N) is 5. The van der Waals surface area contributed by atoms with Gasteiger partial charge in [0.15, 0.2) is 0 Å². The SMILES string of the molecule is CCCN(C)Cc1cn(CC(O)CO)nc1-c1ccc(F)cc1.CCCN(C)Cc1cn[nH]c1-c1ccc(C(C)(C)C)cc1.CCCN(C)Cc1cn[nH]c1-c1cccc(F)c1.CCCN(C)Cc1cn[nH]c1-c1ccccc1.CCCN(C)Cc1cn[nH]c1-c1ccccc1F.CCCN(Cc1cn[nH]c1-c1ccc(F)cc1)C(C)C. The maximum absolute atomic E-state index is 13.8. The largest absolute Gasteiger partial charge is 0.394 e. The summed E-state index contributed by atoms with van der Waals surface area (Å²) in [6.07, 6.45) is 17.1. The summed E-state index contributed by atoms with van der Waals surface area (Å²) < 4.78 is 54.8. The van der Waals surface area contributed by atoms with Crippen molar-refractivity contribution in [3.8, 4) is 67.5 Å². The number of aromatic amines is 5. The van der Waals surface area contributed by atoms with E-state index in [-0.39, 0.29) is 41.8 Å². The van der Waals surface area contributed by atoms with Crippen LogP contribution in [-0.4, -0.2) is 194 Å². The van der Waals surface area contributed by atoms with Crippen molar-refractivity contribution in [2.45, 2.75) is 178 Å². The lowest BCUT2D eigenvalue weighted by molar-refractivity contribution is 0.0783. The van der Waals surface area contributed by atoms with Gasteiger partial charge >= 0.3 is 0 Å². The van der Waals surface area contributed by atoms with Gasteiger partial charge in [-0.15, -0.1) is 0 Å². The van der Waals surface area contributed by atoms with Gasteiger partial charge in [-0.2, -0.15) is 30.6 Å². The Morgan fingerprint density at radius 1 is 0.393 bits per heavy atom. The van der Waals surface area contributed by atoms with Gasteiger partial charge in [-0.3, -0.25) is 35.1 Å². The number of benzene rings is 6. The number of hydrogen-bond donors (Lipinski definition) is 7. The summed E-state index contributed by atoms with van der Waals surface area (Å²) in [5.41, 5.74) is 19.7. The minimum absolute atomic E-state index is 0.191. The van der Waals surface area contributed by atoms with E-state index in [9.17, 15) is 22.7 Å². The predicted octanol–water partition coefficient (Wildman–Crippen LogP) is 19.0. The van der Waals surface area contributed by atoms with E-state index in [1.165, 1.54) is 83.1 Å². The summed E-state index contributed by atoms with van der Waals surface area (Å²) in [7, 11) is 10.5. The van der Waals surface area contributed by atoms with Crippen molar-refractivity contribution in [3.63, 3.8) is 0 Å². The van der Waals surface area contributed by atoms with E-state index in [1.54, 1.807) is 53.3 Å². The van der Waals surface area contributed by atoms with Crippen molar-refractivity contribution >= 4 is 0 Å². The standard InChI is InChI=1S/C18H27N3.C17H24FN3O2.C16H22FN3.2C14H18FN3.C14H19N3/c1-6-11-21(5)13-15-12-19-20-17(15)14-7-9-16(10-8-14)18(2,3)4;1-3-8-20(2)9-14-10-21(11-16(23)12-22)19-17(14)13-4-6-15(18)7-5-13;1-4-9-20(12(2)3)11-14-10-18-19-16(14)13-5-7-15(17)8-6-13;1-3-8-18(2)10-11-9-16-17-14(11)12-6-4-5-7-13(12)15;1-3-7-18(2)10-12-9-16-17-14(12)11-5-4-6-13(15)8-11;1-3-9-17(2)11-13-10-15-16-14(13)12-7-5-4-6-8-12/h7-10,12H,6,11,13H2,1-5H3,(H,19,20);4-7,10,16,22-23H,3,8-9,11-12H2,1-2H3;5-8,10,12H,4,9,11H2,1-3H3,(H,18,19);4-7,9H,3,8,10H2,1-2H3,(H,16,17);4-6,8-9H,3,7,10H2,1-2H3,(H,16,17);4-8,10H,3,9,11H2,1-2H3,(H,15,16). The van der Waals surface area contributed by atoms with Crippen LogP contribution < -0.4 is 0 Å². The molecule has 20 nitrogen and oxygen atoms in total. The number of rotatable bonds is 34. The molecule has 1 atom stereocenters. The monoisotopic (exact) mass is 1610 g/mol. The molecule has 0 saturated heterocycles. The molecule has 1 unspecified atom stereocenters. The summed E-state index contributed by atoms with van der Waals surface area (Å²) in [4.78, 5) is 13.7. The third-order valence-electron chi connectivity index (χ3n) is 19.5.